The van der Waals surface area contributed by atoms with Crippen molar-refractivity contribution in [3.8, 4) is 11.5 Å². The highest BCUT2D eigenvalue weighted by atomic mass is 127. The molecule has 0 amide bonds. The Bertz CT molecular complexity index is 755. The van der Waals surface area contributed by atoms with E-state index in [2.05, 4.69) is 44.6 Å². The fourth-order valence-electron chi connectivity index (χ4n) is 3.30. The summed E-state index contributed by atoms with van der Waals surface area (Å²) in [7, 11) is 3.55. The molecule has 0 atom stereocenters. The maximum Gasteiger partial charge on any atom is 0.226 e. The number of hydrogen-bond acceptors (Lipinski definition) is 5. The smallest absolute Gasteiger partial charge is 0.226 e. The van der Waals surface area contributed by atoms with Crippen molar-refractivity contribution >= 4 is 29.9 Å². The summed E-state index contributed by atoms with van der Waals surface area (Å²) in [5, 5.41) is 6.86. The first kappa shape index (κ1) is 23.6. The Balaban J connectivity index is 0.00000300. The van der Waals surface area contributed by atoms with Crippen LogP contribution in [0.25, 0.3) is 11.5 Å². The average Bonchev–Trinajstić information content (AvgIpc) is 3.20. The van der Waals surface area contributed by atoms with Crippen molar-refractivity contribution in [2.75, 3.05) is 40.4 Å². The molecule has 0 saturated carbocycles. The number of nitrogens with zero attached hydrogens (tertiary/aromatic N) is 3. The molecular formula is C21H32IN5O2. The molecule has 29 heavy (non-hydrogen) atoms. The molecule has 1 aliphatic rings. The highest BCUT2D eigenvalue weighted by molar-refractivity contribution is 14.0. The molecule has 2 N–H and O–H groups in total. The van der Waals surface area contributed by atoms with E-state index in [1.54, 1.807) is 20.4 Å². The number of guanidine groups is 1. The lowest BCUT2D eigenvalue weighted by Gasteiger charge is -2.32. The zero-order valence-corrected chi connectivity index (χ0v) is 19.8. The number of rotatable bonds is 7. The van der Waals surface area contributed by atoms with E-state index < -0.39 is 0 Å². The fourth-order valence-corrected chi connectivity index (χ4v) is 3.30. The second-order valence-corrected chi connectivity index (χ2v) is 7.19. The molecule has 1 aromatic heterocycles. The van der Waals surface area contributed by atoms with Crippen LogP contribution in [0.5, 0.6) is 0 Å². The van der Waals surface area contributed by atoms with E-state index in [0.717, 1.165) is 56.3 Å². The maximum atomic E-state index is 5.62. The number of benzene rings is 1. The van der Waals surface area contributed by atoms with Gasteiger partial charge in [0, 0.05) is 45.4 Å². The molecule has 1 aromatic carbocycles. The van der Waals surface area contributed by atoms with Gasteiger partial charge in [0.15, 0.2) is 5.96 Å². The number of halogens is 1. The van der Waals surface area contributed by atoms with Crippen LogP contribution in [0.15, 0.2) is 39.9 Å². The molecule has 1 aliphatic heterocycles. The number of oxazole rings is 1. The summed E-state index contributed by atoms with van der Waals surface area (Å²) in [5.41, 5.74) is 3.06. The molecule has 3 rings (SSSR count). The summed E-state index contributed by atoms with van der Waals surface area (Å²) in [6.07, 6.45) is 3.90. The number of aromatic nitrogens is 1. The Hall–Kier alpha value is -1.65. The monoisotopic (exact) mass is 513 g/mol. The average molecular weight is 513 g/mol. The topological polar surface area (TPSA) is 74.9 Å². The van der Waals surface area contributed by atoms with Gasteiger partial charge >= 0.3 is 0 Å². The Labute approximate surface area is 190 Å². The molecule has 2 heterocycles. The van der Waals surface area contributed by atoms with Gasteiger partial charge in [0.2, 0.25) is 5.89 Å². The summed E-state index contributed by atoms with van der Waals surface area (Å²) in [5.74, 6) is 1.44. The number of nitrogens with one attached hydrogen (secondary N) is 2. The fraction of sp³-hybridized carbons (Fsp3) is 0.524. The third-order valence-corrected chi connectivity index (χ3v) is 5.05. The van der Waals surface area contributed by atoms with Crippen LogP contribution in [-0.2, 0) is 11.3 Å². The standard InChI is InChI=1S/C21H31N5O2.HI/c1-16-4-6-17(7-5-16)20-24-19(15-28-20)14-23-21(22-2)25-18-8-10-26(11-9-18)12-13-27-3;/h4-7,15,18H,8-14H2,1-3H3,(H2,22,23,25);1H. The van der Waals surface area contributed by atoms with Crippen molar-refractivity contribution in [3.63, 3.8) is 0 Å². The van der Waals surface area contributed by atoms with E-state index >= 15 is 0 Å². The molecule has 0 radical (unpaired) electrons. The first-order valence-electron chi connectivity index (χ1n) is 9.88. The van der Waals surface area contributed by atoms with Gasteiger partial charge in [-0.2, -0.15) is 0 Å². The number of aliphatic imine (C=N–C) groups is 1. The minimum absolute atomic E-state index is 0. The van der Waals surface area contributed by atoms with Crippen molar-refractivity contribution < 1.29 is 9.15 Å². The molecule has 0 aliphatic carbocycles. The number of aryl methyl sites for hydroxylation is 1. The largest absolute Gasteiger partial charge is 0.444 e. The van der Waals surface area contributed by atoms with Crippen LogP contribution < -0.4 is 10.6 Å². The second kappa shape index (κ2) is 12.1. The van der Waals surface area contributed by atoms with E-state index in [1.165, 1.54) is 5.56 Å². The highest BCUT2D eigenvalue weighted by Crippen LogP contribution is 2.19. The molecule has 7 nitrogen and oxygen atoms in total. The van der Waals surface area contributed by atoms with E-state index in [4.69, 9.17) is 9.15 Å². The van der Waals surface area contributed by atoms with Crippen molar-refractivity contribution in [2.24, 2.45) is 4.99 Å². The van der Waals surface area contributed by atoms with Gasteiger partial charge in [-0.15, -0.1) is 24.0 Å². The Morgan fingerprint density at radius 1 is 1.28 bits per heavy atom. The molecule has 1 saturated heterocycles. The molecule has 8 heteroatoms. The predicted octanol–water partition coefficient (Wildman–Crippen LogP) is 3.04. The van der Waals surface area contributed by atoms with E-state index in [-0.39, 0.29) is 24.0 Å². The predicted molar refractivity (Wildman–Crippen MR) is 127 cm³/mol. The van der Waals surface area contributed by atoms with Crippen LogP contribution in [0.4, 0.5) is 0 Å². The van der Waals surface area contributed by atoms with Crippen LogP contribution in [0.1, 0.15) is 24.1 Å². The minimum Gasteiger partial charge on any atom is -0.444 e. The summed E-state index contributed by atoms with van der Waals surface area (Å²) < 4.78 is 10.8. The van der Waals surface area contributed by atoms with Gasteiger partial charge in [-0.3, -0.25) is 4.99 Å². The molecule has 0 bridgehead atoms. The number of methoxy groups -OCH3 is 1. The quantitative estimate of drug-likeness (QED) is 0.337. The molecule has 0 unspecified atom stereocenters. The van der Waals surface area contributed by atoms with Crippen molar-refractivity contribution in [2.45, 2.75) is 32.4 Å². The number of likely N-dealkylation sites (tertiary alicyclic amines) is 1. The van der Waals surface area contributed by atoms with Crippen LogP contribution in [0.3, 0.4) is 0 Å². The van der Waals surface area contributed by atoms with E-state index in [0.29, 0.717) is 18.5 Å². The second-order valence-electron chi connectivity index (χ2n) is 7.19. The van der Waals surface area contributed by atoms with Gasteiger partial charge in [-0.1, -0.05) is 17.7 Å². The first-order valence-corrected chi connectivity index (χ1v) is 9.88. The van der Waals surface area contributed by atoms with Gasteiger partial charge < -0.3 is 24.7 Å². The van der Waals surface area contributed by atoms with E-state index in [9.17, 15) is 0 Å². The summed E-state index contributed by atoms with van der Waals surface area (Å²) in [6.45, 7) is 6.61. The Morgan fingerprint density at radius 2 is 2.00 bits per heavy atom. The van der Waals surface area contributed by atoms with Crippen LogP contribution in [-0.4, -0.2) is 62.3 Å². The lowest BCUT2D eigenvalue weighted by Crippen LogP contribution is -2.48. The molecule has 160 valence electrons. The first-order chi connectivity index (χ1) is 13.7. The summed E-state index contributed by atoms with van der Waals surface area (Å²) >= 11 is 0. The summed E-state index contributed by atoms with van der Waals surface area (Å²) in [6, 6.07) is 8.61. The van der Waals surface area contributed by atoms with Crippen LogP contribution in [0.2, 0.25) is 0 Å². The maximum absolute atomic E-state index is 5.62. The van der Waals surface area contributed by atoms with Gasteiger partial charge in [0.25, 0.3) is 0 Å². The van der Waals surface area contributed by atoms with Crippen molar-refractivity contribution in [1.82, 2.24) is 20.5 Å². The normalized spacial score (nSPS) is 15.8. The lowest BCUT2D eigenvalue weighted by atomic mass is 10.1. The molecule has 0 spiro atoms. The van der Waals surface area contributed by atoms with Gasteiger partial charge in [-0.25, -0.2) is 4.98 Å². The van der Waals surface area contributed by atoms with Gasteiger partial charge in [0.1, 0.15) is 6.26 Å². The molecular weight excluding hydrogens is 481 g/mol. The lowest BCUT2D eigenvalue weighted by molar-refractivity contribution is 0.128. The molecule has 1 fully saturated rings. The zero-order chi connectivity index (χ0) is 19.8. The van der Waals surface area contributed by atoms with E-state index in [1.807, 2.05) is 12.1 Å². The van der Waals surface area contributed by atoms with Crippen LogP contribution >= 0.6 is 24.0 Å². The Morgan fingerprint density at radius 3 is 2.66 bits per heavy atom. The highest BCUT2D eigenvalue weighted by Gasteiger charge is 2.19. The number of piperidine rings is 1. The third-order valence-electron chi connectivity index (χ3n) is 5.05. The Kier molecular flexibility index (Phi) is 9.89. The van der Waals surface area contributed by atoms with Crippen molar-refractivity contribution in [3.05, 3.63) is 41.8 Å². The SMILES string of the molecule is CN=C(NCc1coc(-c2ccc(C)cc2)n1)NC1CCN(CCOC)CC1.I. The zero-order valence-electron chi connectivity index (χ0n) is 17.5. The number of ether oxygens (including phenoxy) is 1. The van der Waals surface area contributed by atoms with Gasteiger partial charge in [-0.05, 0) is 31.9 Å². The summed E-state index contributed by atoms with van der Waals surface area (Å²) in [4.78, 5) is 11.4. The van der Waals surface area contributed by atoms with Crippen molar-refractivity contribution in [1.29, 1.82) is 0 Å². The number of hydrogen-bond donors (Lipinski definition) is 2. The third kappa shape index (κ3) is 7.27. The van der Waals surface area contributed by atoms with Gasteiger partial charge in [0.05, 0.1) is 18.8 Å². The molecule has 2 aromatic rings. The van der Waals surface area contributed by atoms with Crippen LogP contribution in [0, 0.1) is 6.92 Å². The minimum atomic E-state index is 0.